The van der Waals surface area contributed by atoms with Crippen molar-refractivity contribution < 1.29 is 28.5 Å². The summed E-state index contributed by atoms with van der Waals surface area (Å²) in [6, 6.07) is 14.8. The molecule has 2 heterocycles. The Labute approximate surface area is 244 Å². The number of carbonyl (C=O) groups excluding carboxylic acids is 2. The summed E-state index contributed by atoms with van der Waals surface area (Å²) >= 11 is 0. The van der Waals surface area contributed by atoms with Gasteiger partial charge in [-0.25, -0.2) is 0 Å². The van der Waals surface area contributed by atoms with Crippen molar-refractivity contribution in [2.24, 2.45) is 5.41 Å². The number of nitrogens with one attached hydrogen (secondary N) is 2. The summed E-state index contributed by atoms with van der Waals surface area (Å²) in [6.07, 6.45) is 8.04. The predicted molar refractivity (Wildman–Crippen MR) is 158 cm³/mol. The summed E-state index contributed by atoms with van der Waals surface area (Å²) in [5, 5.41) is 5.97. The monoisotopic (exact) mass is 566 g/mol. The lowest BCUT2D eigenvalue weighted by atomic mass is 9.90. The maximum atomic E-state index is 12.4. The first kappa shape index (κ1) is 31.2. The molecule has 0 radical (unpaired) electrons. The molecule has 0 aromatic heterocycles. The van der Waals surface area contributed by atoms with Crippen LogP contribution in [-0.2, 0) is 18.9 Å². The molecule has 4 rings (SSSR count). The number of rotatable bonds is 14. The van der Waals surface area contributed by atoms with Gasteiger partial charge in [-0.2, -0.15) is 0 Å². The zero-order chi connectivity index (χ0) is 28.9. The Hall–Kier alpha value is -2.78. The second-order valence-electron chi connectivity index (χ2n) is 11.3. The molecule has 2 saturated heterocycles. The lowest BCUT2D eigenvalue weighted by molar-refractivity contribution is -0.307. The molecule has 1 spiro atoms. The van der Waals surface area contributed by atoms with Crippen LogP contribution in [0, 0.1) is 5.41 Å². The third-order valence-electron chi connectivity index (χ3n) is 7.69. The van der Waals surface area contributed by atoms with Crippen molar-refractivity contribution in [3.05, 3.63) is 70.8 Å². The van der Waals surface area contributed by atoms with Crippen molar-refractivity contribution in [1.82, 2.24) is 10.6 Å². The molecule has 2 aromatic carbocycles. The van der Waals surface area contributed by atoms with Gasteiger partial charge >= 0.3 is 0 Å². The van der Waals surface area contributed by atoms with Gasteiger partial charge in [0, 0.05) is 35.3 Å². The fourth-order valence-electron chi connectivity index (χ4n) is 5.04. The van der Waals surface area contributed by atoms with E-state index in [9.17, 15) is 9.59 Å². The number of amides is 2. The van der Waals surface area contributed by atoms with E-state index in [0.29, 0.717) is 50.6 Å². The van der Waals surface area contributed by atoms with Gasteiger partial charge < -0.3 is 29.6 Å². The molecule has 2 aliphatic heterocycles. The van der Waals surface area contributed by atoms with Crippen LogP contribution in [0.1, 0.15) is 110 Å². The van der Waals surface area contributed by atoms with Gasteiger partial charge in [-0.05, 0) is 37.1 Å². The van der Waals surface area contributed by atoms with Crippen LogP contribution in [0.3, 0.4) is 0 Å². The summed E-state index contributed by atoms with van der Waals surface area (Å²) in [6.45, 7) is 7.53. The third kappa shape index (κ3) is 9.10. The minimum atomic E-state index is -0.491. The van der Waals surface area contributed by atoms with Crippen LogP contribution in [0.5, 0.6) is 0 Å². The molecule has 2 aromatic rings. The SMILES string of the molecule is CCCCCCNC(=O)c1ccc(C2OCC3(CO2)COC(c2ccc(C(=O)NCCCCCC)cc2)OC3)cc1. The highest BCUT2D eigenvalue weighted by molar-refractivity contribution is 5.94. The molecule has 2 amide bonds. The van der Waals surface area contributed by atoms with Crippen LogP contribution in [0.25, 0.3) is 0 Å². The number of benzene rings is 2. The Bertz CT molecular complexity index is 981. The number of unbranched alkanes of at least 4 members (excludes halogenated alkanes) is 6. The molecule has 2 fully saturated rings. The van der Waals surface area contributed by atoms with E-state index >= 15 is 0 Å². The molecular formula is C33H46N2O6. The van der Waals surface area contributed by atoms with Gasteiger partial charge in [0.2, 0.25) is 0 Å². The van der Waals surface area contributed by atoms with Gasteiger partial charge in [0.25, 0.3) is 11.8 Å². The molecule has 0 saturated carbocycles. The smallest absolute Gasteiger partial charge is 0.251 e. The second-order valence-corrected chi connectivity index (χ2v) is 11.3. The quantitative estimate of drug-likeness (QED) is 0.269. The van der Waals surface area contributed by atoms with Crippen molar-refractivity contribution in [2.75, 3.05) is 39.5 Å². The van der Waals surface area contributed by atoms with Crippen LogP contribution in [0.2, 0.25) is 0 Å². The average Bonchev–Trinajstić information content (AvgIpc) is 3.02. The van der Waals surface area contributed by atoms with Crippen LogP contribution < -0.4 is 10.6 Å². The largest absolute Gasteiger partial charge is 0.352 e. The first-order valence-electron chi connectivity index (χ1n) is 15.3. The van der Waals surface area contributed by atoms with E-state index < -0.39 is 12.6 Å². The third-order valence-corrected chi connectivity index (χ3v) is 7.69. The van der Waals surface area contributed by atoms with Gasteiger partial charge in [0.05, 0.1) is 31.8 Å². The van der Waals surface area contributed by atoms with E-state index in [4.69, 9.17) is 18.9 Å². The summed E-state index contributed by atoms with van der Waals surface area (Å²) in [5.41, 5.74) is 2.64. The predicted octanol–water partition coefficient (Wildman–Crippen LogP) is 6.08. The Morgan fingerprint density at radius 3 is 1.32 bits per heavy atom. The average molecular weight is 567 g/mol. The molecule has 0 unspecified atom stereocenters. The van der Waals surface area contributed by atoms with E-state index in [-0.39, 0.29) is 17.2 Å². The summed E-state index contributed by atoms with van der Waals surface area (Å²) in [5.74, 6) is -0.112. The number of hydrogen-bond donors (Lipinski definition) is 2. The lowest BCUT2D eigenvalue weighted by Crippen LogP contribution is -2.49. The Morgan fingerprint density at radius 1 is 0.610 bits per heavy atom. The number of ether oxygens (including phenoxy) is 4. The van der Waals surface area contributed by atoms with Crippen LogP contribution in [-0.4, -0.2) is 51.3 Å². The Kier molecular flexibility index (Phi) is 12.2. The molecule has 0 bridgehead atoms. The first-order valence-corrected chi connectivity index (χ1v) is 15.3. The molecule has 2 aliphatic rings. The topological polar surface area (TPSA) is 95.1 Å². The maximum absolute atomic E-state index is 12.4. The minimum Gasteiger partial charge on any atom is -0.352 e. The molecule has 224 valence electrons. The molecule has 8 nitrogen and oxygen atoms in total. The Morgan fingerprint density at radius 2 is 0.976 bits per heavy atom. The standard InChI is InChI=1S/C33H46N2O6/c1-3-5-7-9-19-34-29(36)25-11-15-27(16-12-25)31-38-21-33(22-39-31)23-40-32(41-24-33)28-17-13-26(14-18-28)30(37)35-20-10-8-6-4-2/h11-18,31-32H,3-10,19-24H2,1-2H3,(H,34,36)(H,35,37). The molecule has 0 aliphatic carbocycles. The van der Waals surface area contributed by atoms with Gasteiger partial charge in [-0.1, -0.05) is 76.6 Å². The minimum absolute atomic E-state index is 0.0562. The zero-order valence-electron chi connectivity index (χ0n) is 24.6. The first-order chi connectivity index (χ1) is 20.0. The lowest BCUT2D eigenvalue weighted by Gasteiger charge is -2.43. The van der Waals surface area contributed by atoms with Gasteiger partial charge in [-0.3, -0.25) is 9.59 Å². The summed E-state index contributed by atoms with van der Waals surface area (Å²) in [7, 11) is 0. The van der Waals surface area contributed by atoms with Crippen molar-refractivity contribution in [1.29, 1.82) is 0 Å². The van der Waals surface area contributed by atoms with Gasteiger partial charge in [-0.15, -0.1) is 0 Å². The summed E-state index contributed by atoms with van der Waals surface area (Å²) < 4.78 is 24.3. The van der Waals surface area contributed by atoms with Crippen molar-refractivity contribution in [3.63, 3.8) is 0 Å². The number of hydrogen-bond acceptors (Lipinski definition) is 6. The van der Waals surface area contributed by atoms with E-state index in [1.165, 1.54) is 25.7 Å². The van der Waals surface area contributed by atoms with Crippen LogP contribution in [0.15, 0.2) is 48.5 Å². The van der Waals surface area contributed by atoms with Crippen molar-refractivity contribution in [2.45, 2.75) is 77.8 Å². The fourth-order valence-corrected chi connectivity index (χ4v) is 5.04. The molecule has 2 N–H and O–H groups in total. The van der Waals surface area contributed by atoms with E-state index in [0.717, 1.165) is 36.8 Å². The summed E-state index contributed by atoms with van der Waals surface area (Å²) in [4.78, 5) is 24.8. The number of carbonyl (C=O) groups is 2. The fraction of sp³-hybridized carbons (Fsp3) is 0.576. The molecule has 0 atom stereocenters. The van der Waals surface area contributed by atoms with Crippen molar-refractivity contribution >= 4 is 11.8 Å². The molecule has 41 heavy (non-hydrogen) atoms. The molecular weight excluding hydrogens is 520 g/mol. The highest BCUT2D eigenvalue weighted by atomic mass is 16.7. The normalized spacial score (nSPS) is 22.4. The highest BCUT2D eigenvalue weighted by Gasteiger charge is 2.42. The van der Waals surface area contributed by atoms with Gasteiger partial charge in [0.1, 0.15) is 0 Å². The van der Waals surface area contributed by atoms with Crippen molar-refractivity contribution in [3.8, 4) is 0 Å². The highest BCUT2D eigenvalue weighted by Crippen LogP contribution is 2.38. The maximum Gasteiger partial charge on any atom is 0.251 e. The van der Waals surface area contributed by atoms with Gasteiger partial charge in [0.15, 0.2) is 12.6 Å². The van der Waals surface area contributed by atoms with Crippen LogP contribution in [0.4, 0.5) is 0 Å². The van der Waals surface area contributed by atoms with Crippen LogP contribution >= 0.6 is 0 Å². The van der Waals surface area contributed by atoms with E-state index in [1.54, 1.807) is 0 Å². The Balaban J connectivity index is 1.19. The van der Waals surface area contributed by atoms with E-state index in [2.05, 4.69) is 24.5 Å². The second kappa shape index (κ2) is 16.0. The van der Waals surface area contributed by atoms with E-state index in [1.807, 2.05) is 48.5 Å². The zero-order valence-corrected chi connectivity index (χ0v) is 24.6. The molecule has 8 heteroatoms.